The maximum absolute atomic E-state index is 13.4. The van der Waals surface area contributed by atoms with Gasteiger partial charge in [-0.05, 0) is 24.1 Å². The van der Waals surface area contributed by atoms with Gasteiger partial charge in [-0.25, -0.2) is 4.39 Å². The first kappa shape index (κ1) is 9.71. The number of carboxylic acid groups (broad SMARTS) is 1. The van der Waals surface area contributed by atoms with Gasteiger partial charge in [-0.15, -0.1) is 0 Å². The number of carbonyl (C=O) groups is 1. The number of fused-ring (bicyclic) bond motifs is 1. The average molecular weight is 208 g/mol. The fraction of sp³-hybridized carbons (Fsp3) is 0.182. The van der Waals surface area contributed by atoms with E-state index in [0.29, 0.717) is 11.1 Å². The van der Waals surface area contributed by atoms with Crippen molar-refractivity contribution in [1.82, 2.24) is 0 Å². The lowest BCUT2D eigenvalue weighted by atomic mass is 10.1. The minimum atomic E-state index is -0.929. The molecule has 0 amide bonds. The first-order valence-corrected chi connectivity index (χ1v) is 4.54. The molecule has 0 radical (unpaired) electrons. The Hall–Kier alpha value is -1.84. The number of hydrogen-bond acceptors (Lipinski definition) is 2. The van der Waals surface area contributed by atoms with E-state index in [-0.39, 0.29) is 12.8 Å². The van der Waals surface area contributed by atoms with E-state index in [4.69, 9.17) is 9.52 Å². The molecule has 78 valence electrons. The second-order valence-corrected chi connectivity index (χ2v) is 3.30. The number of halogens is 1. The van der Waals surface area contributed by atoms with Crippen LogP contribution in [0, 0.1) is 5.82 Å². The van der Waals surface area contributed by atoms with Gasteiger partial charge >= 0.3 is 5.97 Å². The van der Waals surface area contributed by atoms with E-state index < -0.39 is 11.8 Å². The molecule has 0 aliphatic rings. The van der Waals surface area contributed by atoms with Crippen LogP contribution in [0.25, 0.3) is 11.0 Å². The lowest BCUT2D eigenvalue weighted by molar-refractivity contribution is -0.136. The molecule has 0 aliphatic carbocycles. The van der Waals surface area contributed by atoms with Gasteiger partial charge in [-0.2, -0.15) is 0 Å². The van der Waals surface area contributed by atoms with Crippen molar-refractivity contribution in [2.24, 2.45) is 0 Å². The van der Waals surface area contributed by atoms with Gasteiger partial charge in [0.05, 0.1) is 6.26 Å². The summed E-state index contributed by atoms with van der Waals surface area (Å²) in [5.74, 6) is -1.35. The molecule has 0 spiro atoms. The fourth-order valence-electron chi connectivity index (χ4n) is 1.47. The molecule has 4 heteroatoms. The van der Waals surface area contributed by atoms with E-state index in [1.54, 1.807) is 12.1 Å². The third-order valence-corrected chi connectivity index (χ3v) is 2.23. The molecule has 3 nitrogen and oxygen atoms in total. The predicted octanol–water partition coefficient (Wildman–Crippen LogP) is 2.59. The summed E-state index contributed by atoms with van der Waals surface area (Å²) in [5.41, 5.74) is 0.887. The average Bonchev–Trinajstić information content (AvgIpc) is 2.60. The minimum Gasteiger partial charge on any atom is -0.481 e. The molecule has 0 saturated heterocycles. The number of furan rings is 1. The van der Waals surface area contributed by atoms with Crippen molar-refractivity contribution < 1.29 is 18.7 Å². The van der Waals surface area contributed by atoms with Gasteiger partial charge in [0.25, 0.3) is 0 Å². The van der Waals surface area contributed by atoms with E-state index in [0.717, 1.165) is 5.39 Å². The van der Waals surface area contributed by atoms with Crippen LogP contribution in [0.3, 0.4) is 0 Å². The van der Waals surface area contributed by atoms with Crippen LogP contribution in [-0.4, -0.2) is 11.1 Å². The smallest absolute Gasteiger partial charge is 0.303 e. The van der Waals surface area contributed by atoms with E-state index in [2.05, 4.69) is 0 Å². The zero-order valence-electron chi connectivity index (χ0n) is 7.87. The number of aryl methyl sites for hydroxylation is 1. The molecule has 1 aromatic heterocycles. The SMILES string of the molecule is O=C(O)CCc1cc2ccoc2cc1F. The van der Waals surface area contributed by atoms with Crippen LogP contribution in [0.2, 0.25) is 0 Å². The topological polar surface area (TPSA) is 50.4 Å². The summed E-state index contributed by atoms with van der Waals surface area (Å²) in [6.45, 7) is 0. The van der Waals surface area contributed by atoms with E-state index >= 15 is 0 Å². The van der Waals surface area contributed by atoms with Crippen molar-refractivity contribution >= 4 is 16.9 Å². The Morgan fingerprint density at radius 3 is 3.00 bits per heavy atom. The van der Waals surface area contributed by atoms with E-state index in [1.165, 1.54) is 12.3 Å². The molecule has 0 saturated carbocycles. The van der Waals surface area contributed by atoms with Gasteiger partial charge in [0.1, 0.15) is 11.4 Å². The Morgan fingerprint density at radius 2 is 2.27 bits per heavy atom. The fourth-order valence-corrected chi connectivity index (χ4v) is 1.47. The van der Waals surface area contributed by atoms with Crippen molar-refractivity contribution in [2.45, 2.75) is 12.8 Å². The summed E-state index contributed by atoms with van der Waals surface area (Å²) in [6, 6.07) is 4.63. The highest BCUT2D eigenvalue weighted by Crippen LogP contribution is 2.21. The Balaban J connectivity index is 2.33. The van der Waals surface area contributed by atoms with Gasteiger partial charge < -0.3 is 9.52 Å². The highest BCUT2D eigenvalue weighted by Gasteiger charge is 2.08. The van der Waals surface area contributed by atoms with E-state index in [9.17, 15) is 9.18 Å². The molecule has 0 fully saturated rings. The quantitative estimate of drug-likeness (QED) is 0.843. The molecular weight excluding hydrogens is 199 g/mol. The van der Waals surface area contributed by atoms with Crippen molar-refractivity contribution in [3.63, 3.8) is 0 Å². The van der Waals surface area contributed by atoms with Gasteiger partial charge in [-0.1, -0.05) is 0 Å². The molecule has 1 heterocycles. The van der Waals surface area contributed by atoms with Crippen LogP contribution in [0.1, 0.15) is 12.0 Å². The summed E-state index contributed by atoms with van der Waals surface area (Å²) in [5, 5.41) is 9.29. The van der Waals surface area contributed by atoms with Crippen LogP contribution >= 0.6 is 0 Å². The molecule has 0 unspecified atom stereocenters. The summed E-state index contributed by atoms with van der Waals surface area (Å²) < 4.78 is 18.4. The standard InChI is InChI=1S/C11H9FO3/c12-9-6-10-8(3-4-15-10)5-7(9)1-2-11(13)14/h3-6H,1-2H2,(H,13,14). The zero-order chi connectivity index (χ0) is 10.8. The second-order valence-electron chi connectivity index (χ2n) is 3.30. The lowest BCUT2D eigenvalue weighted by Crippen LogP contribution is -1.99. The monoisotopic (exact) mass is 208 g/mol. The number of carboxylic acids is 1. The van der Waals surface area contributed by atoms with E-state index in [1.807, 2.05) is 0 Å². The molecule has 0 aliphatic heterocycles. The Morgan fingerprint density at radius 1 is 1.47 bits per heavy atom. The Bertz CT molecular complexity index is 502. The summed E-state index contributed by atoms with van der Waals surface area (Å²) in [7, 11) is 0. The first-order chi connectivity index (χ1) is 7.16. The molecule has 15 heavy (non-hydrogen) atoms. The van der Waals surface area contributed by atoms with Crippen molar-refractivity contribution in [2.75, 3.05) is 0 Å². The minimum absolute atomic E-state index is 0.0692. The van der Waals surface area contributed by atoms with Crippen molar-refractivity contribution in [3.8, 4) is 0 Å². The highest BCUT2D eigenvalue weighted by molar-refractivity contribution is 5.78. The molecule has 0 bridgehead atoms. The zero-order valence-corrected chi connectivity index (χ0v) is 7.87. The number of benzene rings is 1. The maximum atomic E-state index is 13.4. The number of rotatable bonds is 3. The van der Waals surface area contributed by atoms with Crippen LogP contribution < -0.4 is 0 Å². The normalized spacial score (nSPS) is 10.7. The molecular formula is C11H9FO3. The first-order valence-electron chi connectivity index (χ1n) is 4.54. The number of aliphatic carboxylic acids is 1. The van der Waals surface area contributed by atoms with Crippen molar-refractivity contribution in [3.05, 3.63) is 35.8 Å². The summed E-state index contributed by atoms with van der Waals surface area (Å²) in [4.78, 5) is 10.4. The van der Waals surface area contributed by atoms with Gasteiger partial charge in [0.15, 0.2) is 0 Å². The van der Waals surface area contributed by atoms with Crippen LogP contribution in [-0.2, 0) is 11.2 Å². The largest absolute Gasteiger partial charge is 0.481 e. The molecule has 1 N–H and O–H groups in total. The predicted molar refractivity (Wildman–Crippen MR) is 52.1 cm³/mol. The molecule has 1 aromatic carbocycles. The van der Waals surface area contributed by atoms with Gasteiger partial charge in [0, 0.05) is 17.9 Å². The highest BCUT2D eigenvalue weighted by atomic mass is 19.1. The molecule has 0 atom stereocenters. The summed E-state index contributed by atoms with van der Waals surface area (Å²) in [6.07, 6.45) is 1.60. The molecule has 2 rings (SSSR count). The van der Waals surface area contributed by atoms with Crippen LogP contribution in [0.15, 0.2) is 28.9 Å². The summed E-state index contributed by atoms with van der Waals surface area (Å²) >= 11 is 0. The van der Waals surface area contributed by atoms with Gasteiger partial charge in [-0.3, -0.25) is 4.79 Å². The third-order valence-electron chi connectivity index (χ3n) is 2.23. The Labute approximate surface area is 85.1 Å². The van der Waals surface area contributed by atoms with Gasteiger partial charge in [0.2, 0.25) is 0 Å². The van der Waals surface area contributed by atoms with Crippen molar-refractivity contribution in [1.29, 1.82) is 0 Å². The number of hydrogen-bond donors (Lipinski definition) is 1. The second kappa shape index (κ2) is 3.73. The molecule has 2 aromatic rings. The Kier molecular flexibility index (Phi) is 2.41. The lowest BCUT2D eigenvalue weighted by Gasteiger charge is -2.00. The third kappa shape index (κ3) is 1.98. The van der Waals surface area contributed by atoms with Crippen LogP contribution in [0.4, 0.5) is 4.39 Å². The maximum Gasteiger partial charge on any atom is 0.303 e. The van der Waals surface area contributed by atoms with Crippen LogP contribution in [0.5, 0.6) is 0 Å².